The lowest BCUT2D eigenvalue weighted by Gasteiger charge is -2.25. The third-order valence-corrected chi connectivity index (χ3v) is 5.30. The quantitative estimate of drug-likeness (QED) is 0.841. The molecule has 0 fully saturated rings. The molecule has 1 aromatic rings. The molecular formula is C14H23FN2O2S. The van der Waals surface area contributed by atoms with Crippen molar-refractivity contribution < 1.29 is 12.8 Å². The first-order valence-corrected chi connectivity index (χ1v) is 8.29. The van der Waals surface area contributed by atoms with Gasteiger partial charge in [0.25, 0.3) is 0 Å². The van der Waals surface area contributed by atoms with Gasteiger partial charge in [-0.15, -0.1) is 0 Å². The number of rotatable bonds is 7. The number of nitrogens with zero attached hydrogens (tertiary/aromatic N) is 1. The Balaban J connectivity index is 3.31. The molecule has 0 saturated carbocycles. The lowest BCUT2D eigenvalue weighted by Crippen LogP contribution is -2.37. The van der Waals surface area contributed by atoms with E-state index in [0.29, 0.717) is 18.7 Å². The Morgan fingerprint density at radius 2 is 1.95 bits per heavy atom. The summed E-state index contributed by atoms with van der Waals surface area (Å²) in [6.07, 6.45) is 0. The van der Waals surface area contributed by atoms with Gasteiger partial charge in [-0.05, 0) is 38.1 Å². The molecule has 1 rings (SSSR count). The largest absolute Gasteiger partial charge is 0.313 e. The maximum Gasteiger partial charge on any atom is 0.243 e. The first-order valence-electron chi connectivity index (χ1n) is 6.85. The first kappa shape index (κ1) is 17.1. The smallest absolute Gasteiger partial charge is 0.243 e. The molecule has 4 nitrogen and oxygen atoms in total. The minimum absolute atomic E-state index is 0.0500. The molecule has 0 saturated heterocycles. The lowest BCUT2D eigenvalue weighted by molar-refractivity contribution is 0.368. The minimum atomic E-state index is -3.68. The highest BCUT2D eigenvalue weighted by molar-refractivity contribution is 7.89. The molecule has 0 aliphatic carbocycles. The van der Waals surface area contributed by atoms with Crippen molar-refractivity contribution in [2.24, 2.45) is 0 Å². The van der Waals surface area contributed by atoms with Gasteiger partial charge in [0.1, 0.15) is 5.82 Å². The van der Waals surface area contributed by atoms with Crippen molar-refractivity contribution >= 4 is 10.0 Å². The molecule has 20 heavy (non-hydrogen) atoms. The molecule has 0 heterocycles. The number of halogens is 1. The van der Waals surface area contributed by atoms with E-state index in [1.165, 1.54) is 16.4 Å². The molecular weight excluding hydrogens is 279 g/mol. The van der Waals surface area contributed by atoms with E-state index in [-0.39, 0.29) is 10.9 Å². The Bertz CT molecular complexity index is 544. The normalized spacial score (nSPS) is 12.3. The predicted octanol–water partition coefficient (Wildman–Crippen LogP) is 2.35. The standard InChI is InChI=1S/C14H23FN2O2S/c1-5-16-10-12-7-8-13(15)9-14(12)20(18,19)17(6-2)11(3)4/h7-9,11,16H,5-6,10H2,1-4H3. The SMILES string of the molecule is CCNCc1ccc(F)cc1S(=O)(=O)N(CC)C(C)C. The third-order valence-electron chi connectivity index (χ3n) is 3.07. The highest BCUT2D eigenvalue weighted by Crippen LogP contribution is 2.23. The van der Waals surface area contributed by atoms with Crippen LogP contribution in [-0.2, 0) is 16.6 Å². The Kier molecular flexibility index (Phi) is 6.10. The summed E-state index contributed by atoms with van der Waals surface area (Å²) < 4.78 is 40.2. The van der Waals surface area contributed by atoms with Crippen molar-refractivity contribution in [3.63, 3.8) is 0 Å². The van der Waals surface area contributed by atoms with Crippen molar-refractivity contribution in [1.29, 1.82) is 0 Å². The van der Waals surface area contributed by atoms with Crippen molar-refractivity contribution in [1.82, 2.24) is 9.62 Å². The molecule has 0 atom stereocenters. The summed E-state index contributed by atoms with van der Waals surface area (Å²) in [5, 5.41) is 3.08. The number of sulfonamides is 1. The zero-order valence-electron chi connectivity index (χ0n) is 12.5. The monoisotopic (exact) mass is 302 g/mol. The third kappa shape index (κ3) is 3.77. The highest BCUT2D eigenvalue weighted by atomic mass is 32.2. The van der Waals surface area contributed by atoms with E-state index in [0.717, 1.165) is 12.6 Å². The van der Waals surface area contributed by atoms with E-state index < -0.39 is 15.8 Å². The van der Waals surface area contributed by atoms with E-state index >= 15 is 0 Å². The van der Waals surface area contributed by atoms with Crippen molar-refractivity contribution in [3.8, 4) is 0 Å². The molecule has 6 heteroatoms. The Labute approximate surface area is 121 Å². The summed E-state index contributed by atoms with van der Waals surface area (Å²) in [5.41, 5.74) is 0.590. The van der Waals surface area contributed by atoms with Gasteiger partial charge in [-0.1, -0.05) is 19.9 Å². The van der Waals surface area contributed by atoms with Gasteiger partial charge in [0.05, 0.1) is 4.90 Å². The van der Waals surface area contributed by atoms with Crippen LogP contribution in [-0.4, -0.2) is 31.9 Å². The molecule has 0 aliphatic heterocycles. The maximum absolute atomic E-state index is 13.5. The van der Waals surface area contributed by atoms with E-state index in [4.69, 9.17) is 0 Å². The van der Waals surface area contributed by atoms with Crippen LogP contribution in [0, 0.1) is 5.82 Å². The Hall–Kier alpha value is -0.980. The van der Waals surface area contributed by atoms with Crippen LogP contribution in [0.15, 0.2) is 23.1 Å². The van der Waals surface area contributed by atoms with E-state index in [1.54, 1.807) is 6.92 Å². The van der Waals surface area contributed by atoms with E-state index in [1.807, 2.05) is 20.8 Å². The number of hydrogen-bond acceptors (Lipinski definition) is 3. The van der Waals surface area contributed by atoms with Gasteiger partial charge in [-0.3, -0.25) is 0 Å². The molecule has 0 unspecified atom stereocenters. The van der Waals surface area contributed by atoms with Crippen LogP contribution in [0.5, 0.6) is 0 Å². The summed E-state index contributed by atoms with van der Waals surface area (Å²) in [5.74, 6) is -0.538. The summed E-state index contributed by atoms with van der Waals surface area (Å²) in [7, 11) is -3.68. The fourth-order valence-corrected chi connectivity index (χ4v) is 3.99. The topological polar surface area (TPSA) is 49.4 Å². The van der Waals surface area contributed by atoms with Gasteiger partial charge in [0, 0.05) is 19.1 Å². The maximum atomic E-state index is 13.5. The Morgan fingerprint density at radius 3 is 2.45 bits per heavy atom. The van der Waals surface area contributed by atoms with Gasteiger partial charge in [0.15, 0.2) is 0 Å². The van der Waals surface area contributed by atoms with Crippen LogP contribution in [0.3, 0.4) is 0 Å². The molecule has 0 bridgehead atoms. The average molecular weight is 302 g/mol. The van der Waals surface area contributed by atoms with Gasteiger partial charge in [-0.2, -0.15) is 4.31 Å². The summed E-state index contributed by atoms with van der Waals surface area (Å²) in [4.78, 5) is 0.0500. The summed E-state index contributed by atoms with van der Waals surface area (Å²) >= 11 is 0. The molecule has 0 spiro atoms. The van der Waals surface area contributed by atoms with Gasteiger partial charge in [-0.25, -0.2) is 12.8 Å². The van der Waals surface area contributed by atoms with E-state index in [2.05, 4.69) is 5.32 Å². The number of benzene rings is 1. The Morgan fingerprint density at radius 1 is 1.30 bits per heavy atom. The number of nitrogens with one attached hydrogen (secondary N) is 1. The second-order valence-corrected chi connectivity index (χ2v) is 6.69. The van der Waals surface area contributed by atoms with Crippen molar-refractivity contribution in [2.75, 3.05) is 13.1 Å². The molecule has 0 radical (unpaired) electrons. The van der Waals surface area contributed by atoms with Gasteiger partial charge in [0.2, 0.25) is 10.0 Å². The van der Waals surface area contributed by atoms with Crippen molar-refractivity contribution in [3.05, 3.63) is 29.6 Å². The first-order chi connectivity index (χ1) is 9.34. The molecule has 0 amide bonds. The lowest BCUT2D eigenvalue weighted by atomic mass is 10.2. The predicted molar refractivity (Wildman–Crippen MR) is 78.5 cm³/mol. The minimum Gasteiger partial charge on any atom is -0.313 e. The van der Waals surface area contributed by atoms with Crippen LogP contribution < -0.4 is 5.32 Å². The average Bonchev–Trinajstić information content (AvgIpc) is 2.37. The van der Waals surface area contributed by atoms with Crippen LogP contribution in [0.25, 0.3) is 0 Å². The molecule has 1 aromatic carbocycles. The summed E-state index contributed by atoms with van der Waals surface area (Å²) in [6.45, 7) is 8.82. The fraction of sp³-hybridized carbons (Fsp3) is 0.571. The zero-order valence-corrected chi connectivity index (χ0v) is 13.3. The van der Waals surface area contributed by atoms with Crippen LogP contribution in [0.1, 0.15) is 33.3 Å². The number of hydrogen-bond donors (Lipinski definition) is 1. The second kappa shape index (κ2) is 7.15. The highest BCUT2D eigenvalue weighted by Gasteiger charge is 2.28. The van der Waals surface area contributed by atoms with Gasteiger partial charge >= 0.3 is 0 Å². The van der Waals surface area contributed by atoms with Gasteiger partial charge < -0.3 is 5.32 Å². The molecule has 0 aromatic heterocycles. The van der Waals surface area contributed by atoms with Crippen molar-refractivity contribution in [2.45, 2.75) is 45.2 Å². The molecule has 1 N–H and O–H groups in total. The zero-order chi connectivity index (χ0) is 15.3. The van der Waals surface area contributed by atoms with Crippen LogP contribution in [0.2, 0.25) is 0 Å². The second-order valence-electron chi connectivity index (χ2n) is 4.83. The van der Waals surface area contributed by atoms with E-state index in [9.17, 15) is 12.8 Å². The molecule has 114 valence electrons. The molecule has 0 aliphatic rings. The van der Waals surface area contributed by atoms with Crippen LogP contribution in [0.4, 0.5) is 4.39 Å². The summed E-state index contributed by atoms with van der Waals surface area (Å²) in [6, 6.07) is 3.75. The van der Waals surface area contributed by atoms with Crippen LogP contribution >= 0.6 is 0 Å². The fourth-order valence-electron chi connectivity index (χ4n) is 2.11.